The molecule has 0 unspecified atom stereocenters. The van der Waals surface area contributed by atoms with Crippen molar-refractivity contribution < 1.29 is 13.9 Å². The Morgan fingerprint density at radius 1 is 1.06 bits per heavy atom. The van der Waals surface area contributed by atoms with Crippen molar-refractivity contribution >= 4 is 35.0 Å². The molecule has 4 rings (SSSR count). The van der Waals surface area contributed by atoms with Crippen LogP contribution in [-0.2, 0) is 4.79 Å². The van der Waals surface area contributed by atoms with Gasteiger partial charge in [-0.1, -0.05) is 47.6 Å². The highest BCUT2D eigenvalue weighted by atomic mass is 35.5. The number of amides is 1. The number of benzene rings is 3. The summed E-state index contributed by atoms with van der Waals surface area (Å²) in [4.78, 5) is 12.4. The van der Waals surface area contributed by atoms with Gasteiger partial charge in [-0.3, -0.25) is 9.36 Å². The summed E-state index contributed by atoms with van der Waals surface area (Å²) in [5.41, 5.74) is 1.63. The summed E-state index contributed by atoms with van der Waals surface area (Å²) in [6.45, 7) is 2.49. The summed E-state index contributed by atoms with van der Waals surface area (Å²) < 4.78 is 21.2. The Hall–Kier alpha value is -3.36. The predicted molar refractivity (Wildman–Crippen MR) is 129 cm³/mol. The van der Waals surface area contributed by atoms with Crippen molar-refractivity contribution in [2.24, 2.45) is 0 Å². The number of carbonyl (C=O) groups excluding carboxylic acids is 1. The van der Waals surface area contributed by atoms with Crippen LogP contribution in [0.1, 0.15) is 6.92 Å². The number of hydrogen-bond donors (Lipinski definition) is 1. The average molecular weight is 483 g/mol. The molecule has 0 saturated heterocycles. The monoisotopic (exact) mass is 482 g/mol. The second-order valence-electron chi connectivity index (χ2n) is 6.87. The number of nitrogens with zero attached hydrogens (tertiary/aromatic N) is 3. The van der Waals surface area contributed by atoms with Crippen LogP contribution in [0.5, 0.6) is 5.75 Å². The van der Waals surface area contributed by atoms with Crippen molar-refractivity contribution in [1.29, 1.82) is 0 Å². The van der Waals surface area contributed by atoms with E-state index in [1.807, 2.05) is 54.0 Å². The molecular weight excluding hydrogens is 463 g/mol. The molecule has 0 saturated carbocycles. The zero-order valence-electron chi connectivity index (χ0n) is 17.7. The molecule has 1 aromatic heterocycles. The second kappa shape index (κ2) is 10.5. The molecule has 0 radical (unpaired) electrons. The van der Waals surface area contributed by atoms with E-state index >= 15 is 0 Å². The van der Waals surface area contributed by atoms with E-state index in [9.17, 15) is 9.18 Å². The molecule has 4 aromatic rings. The molecule has 6 nitrogen and oxygen atoms in total. The first-order valence-corrected chi connectivity index (χ1v) is 11.5. The van der Waals surface area contributed by atoms with Crippen molar-refractivity contribution in [2.75, 3.05) is 17.7 Å². The molecule has 0 atom stereocenters. The smallest absolute Gasteiger partial charge is 0.234 e. The lowest BCUT2D eigenvalue weighted by molar-refractivity contribution is -0.113. The molecule has 9 heteroatoms. The van der Waals surface area contributed by atoms with Crippen LogP contribution in [0.3, 0.4) is 0 Å². The standard InChI is InChI=1S/C24H20ClFN4O2S/c1-2-32-17-13-11-16(12-14-17)30-23(18-7-3-4-8-19(18)25)28-29-24(30)33-15-22(31)27-21-10-6-5-9-20(21)26/h3-14H,2,15H2,1H3,(H,27,31). The van der Waals surface area contributed by atoms with Gasteiger partial charge in [-0.25, -0.2) is 4.39 Å². The number of aromatic nitrogens is 3. The van der Waals surface area contributed by atoms with Crippen molar-refractivity contribution in [3.8, 4) is 22.8 Å². The van der Waals surface area contributed by atoms with E-state index in [0.717, 1.165) is 11.4 Å². The van der Waals surface area contributed by atoms with Crippen LogP contribution >= 0.6 is 23.4 Å². The highest BCUT2D eigenvalue weighted by molar-refractivity contribution is 7.99. The van der Waals surface area contributed by atoms with Crippen molar-refractivity contribution in [2.45, 2.75) is 12.1 Å². The van der Waals surface area contributed by atoms with Gasteiger partial charge in [-0.2, -0.15) is 0 Å². The number of thioether (sulfide) groups is 1. The Bertz CT molecular complexity index is 1260. The quantitative estimate of drug-likeness (QED) is 0.319. The third-order valence-electron chi connectivity index (χ3n) is 4.63. The Morgan fingerprint density at radius 2 is 1.79 bits per heavy atom. The van der Waals surface area contributed by atoms with Gasteiger partial charge in [0.25, 0.3) is 0 Å². The van der Waals surface area contributed by atoms with Crippen LogP contribution in [0.15, 0.2) is 78.0 Å². The van der Waals surface area contributed by atoms with Gasteiger partial charge < -0.3 is 10.1 Å². The van der Waals surface area contributed by atoms with E-state index in [4.69, 9.17) is 16.3 Å². The second-order valence-corrected chi connectivity index (χ2v) is 8.21. The minimum absolute atomic E-state index is 0.0199. The van der Waals surface area contributed by atoms with Gasteiger partial charge in [0.2, 0.25) is 5.91 Å². The zero-order valence-corrected chi connectivity index (χ0v) is 19.2. The number of para-hydroxylation sites is 1. The first kappa shape index (κ1) is 22.8. The fourth-order valence-electron chi connectivity index (χ4n) is 3.15. The van der Waals surface area contributed by atoms with Crippen molar-refractivity contribution in [3.05, 3.63) is 83.6 Å². The summed E-state index contributed by atoms with van der Waals surface area (Å²) in [5, 5.41) is 12.3. The Morgan fingerprint density at radius 3 is 2.52 bits per heavy atom. The summed E-state index contributed by atoms with van der Waals surface area (Å²) in [5.74, 6) is 0.459. The molecule has 3 aromatic carbocycles. The van der Waals surface area contributed by atoms with Crippen molar-refractivity contribution in [1.82, 2.24) is 14.8 Å². The fraction of sp³-hybridized carbons (Fsp3) is 0.125. The lowest BCUT2D eigenvalue weighted by Crippen LogP contribution is -2.15. The molecule has 1 amide bonds. The van der Waals surface area contributed by atoms with Crippen molar-refractivity contribution in [3.63, 3.8) is 0 Å². The summed E-state index contributed by atoms with van der Waals surface area (Å²) >= 11 is 7.61. The molecule has 0 aliphatic rings. The number of ether oxygens (including phenoxy) is 1. The third kappa shape index (κ3) is 5.35. The van der Waals surface area contributed by atoms with Crippen LogP contribution in [-0.4, -0.2) is 33.0 Å². The SMILES string of the molecule is CCOc1ccc(-n2c(SCC(=O)Nc3ccccc3F)nnc2-c2ccccc2Cl)cc1. The van der Waals surface area contributed by atoms with Crippen LogP contribution in [0, 0.1) is 5.82 Å². The summed E-state index contributed by atoms with van der Waals surface area (Å²) in [7, 11) is 0. The number of carbonyl (C=O) groups is 1. The van der Waals surface area contributed by atoms with Crippen LogP contribution in [0.25, 0.3) is 17.1 Å². The molecule has 0 spiro atoms. The van der Waals surface area contributed by atoms with E-state index in [1.54, 1.807) is 18.2 Å². The molecule has 168 valence electrons. The Labute approximate surface area is 199 Å². The Balaban J connectivity index is 1.63. The van der Waals surface area contributed by atoms with Gasteiger partial charge in [0.1, 0.15) is 11.6 Å². The topological polar surface area (TPSA) is 69.0 Å². The molecule has 33 heavy (non-hydrogen) atoms. The molecule has 0 aliphatic heterocycles. The molecule has 0 bridgehead atoms. The third-order valence-corrected chi connectivity index (χ3v) is 5.89. The van der Waals surface area contributed by atoms with Gasteiger partial charge in [0.15, 0.2) is 11.0 Å². The largest absolute Gasteiger partial charge is 0.494 e. The van der Waals surface area contributed by atoms with E-state index in [2.05, 4.69) is 15.5 Å². The average Bonchev–Trinajstić information content (AvgIpc) is 3.24. The highest BCUT2D eigenvalue weighted by Gasteiger charge is 2.19. The minimum atomic E-state index is -0.491. The fourth-order valence-corrected chi connectivity index (χ4v) is 4.12. The van der Waals surface area contributed by atoms with Gasteiger partial charge in [-0.05, 0) is 55.5 Å². The van der Waals surface area contributed by atoms with Crippen LogP contribution < -0.4 is 10.1 Å². The molecule has 1 N–H and O–H groups in total. The van der Waals surface area contributed by atoms with Gasteiger partial charge in [0, 0.05) is 11.3 Å². The molecule has 0 fully saturated rings. The lowest BCUT2D eigenvalue weighted by atomic mass is 10.2. The lowest BCUT2D eigenvalue weighted by Gasteiger charge is -2.12. The van der Waals surface area contributed by atoms with Gasteiger partial charge >= 0.3 is 0 Å². The number of nitrogens with one attached hydrogen (secondary N) is 1. The Kier molecular flexibility index (Phi) is 7.26. The first-order valence-electron chi connectivity index (χ1n) is 10.2. The zero-order chi connectivity index (χ0) is 23.2. The number of hydrogen-bond acceptors (Lipinski definition) is 5. The number of anilines is 1. The predicted octanol–water partition coefficient (Wildman–Crippen LogP) is 5.86. The van der Waals surface area contributed by atoms with E-state index in [1.165, 1.54) is 23.9 Å². The molecular formula is C24H20ClFN4O2S. The van der Waals surface area contributed by atoms with Gasteiger partial charge in [0.05, 0.1) is 23.1 Å². The summed E-state index contributed by atoms with van der Waals surface area (Å²) in [6.07, 6.45) is 0. The maximum absolute atomic E-state index is 13.8. The van der Waals surface area contributed by atoms with E-state index in [-0.39, 0.29) is 17.3 Å². The minimum Gasteiger partial charge on any atom is -0.494 e. The van der Waals surface area contributed by atoms with Crippen LogP contribution in [0.4, 0.5) is 10.1 Å². The van der Waals surface area contributed by atoms with E-state index in [0.29, 0.717) is 28.2 Å². The van der Waals surface area contributed by atoms with Gasteiger partial charge in [-0.15, -0.1) is 10.2 Å². The molecule has 0 aliphatic carbocycles. The summed E-state index contributed by atoms with van der Waals surface area (Å²) in [6, 6.07) is 20.9. The van der Waals surface area contributed by atoms with Crippen LogP contribution in [0.2, 0.25) is 5.02 Å². The molecule has 1 heterocycles. The highest BCUT2D eigenvalue weighted by Crippen LogP contribution is 2.32. The maximum Gasteiger partial charge on any atom is 0.234 e. The number of halogens is 2. The first-order chi connectivity index (χ1) is 16.1. The maximum atomic E-state index is 13.8. The normalized spacial score (nSPS) is 10.8. The number of rotatable bonds is 8. The van der Waals surface area contributed by atoms with E-state index < -0.39 is 5.82 Å².